The average molecular weight is 294 g/mol. The molecule has 0 saturated carbocycles. The van der Waals surface area contributed by atoms with Crippen molar-refractivity contribution in [3.05, 3.63) is 42.5 Å². The molecule has 0 radical (unpaired) electrons. The van der Waals surface area contributed by atoms with Gasteiger partial charge in [-0.15, -0.1) is 12.4 Å². The maximum Gasteiger partial charge on any atom is 0.120 e. The van der Waals surface area contributed by atoms with Crippen molar-refractivity contribution in [1.29, 1.82) is 0 Å². The van der Waals surface area contributed by atoms with Gasteiger partial charge in [0.25, 0.3) is 0 Å². The Hall–Kier alpha value is -1.25. The highest BCUT2D eigenvalue weighted by Gasteiger charge is 2.09. The van der Waals surface area contributed by atoms with Gasteiger partial charge in [-0.2, -0.15) is 0 Å². The molecule has 0 heterocycles. The number of fused-ring (bicyclic) bond motifs is 1. The summed E-state index contributed by atoms with van der Waals surface area (Å²) in [6.45, 7) is 3.20. The van der Waals surface area contributed by atoms with Crippen molar-refractivity contribution in [2.45, 2.75) is 32.3 Å². The molecular weight excluding hydrogens is 270 g/mol. The van der Waals surface area contributed by atoms with Gasteiger partial charge in [-0.05, 0) is 49.3 Å². The van der Waals surface area contributed by atoms with Crippen LogP contribution in [0.1, 0.15) is 26.2 Å². The Bertz CT molecular complexity index is 515. The average Bonchev–Trinajstić information content (AvgIpc) is 2.45. The third kappa shape index (κ3) is 4.69. The lowest BCUT2D eigenvalue weighted by Gasteiger charge is -2.18. The summed E-state index contributed by atoms with van der Waals surface area (Å²) in [5.41, 5.74) is 0. The molecule has 20 heavy (non-hydrogen) atoms. The Balaban J connectivity index is 0.00000200. The minimum atomic E-state index is 0. The molecule has 2 nitrogen and oxygen atoms in total. The van der Waals surface area contributed by atoms with E-state index < -0.39 is 0 Å². The summed E-state index contributed by atoms with van der Waals surface area (Å²) in [6.07, 6.45) is 3.62. The Labute approximate surface area is 127 Å². The van der Waals surface area contributed by atoms with Gasteiger partial charge in [0.15, 0.2) is 0 Å². The topological polar surface area (TPSA) is 21.3 Å². The van der Waals surface area contributed by atoms with E-state index in [2.05, 4.69) is 54.7 Å². The molecule has 0 spiro atoms. The van der Waals surface area contributed by atoms with Crippen LogP contribution < -0.4 is 10.1 Å². The van der Waals surface area contributed by atoms with Crippen LogP contribution in [-0.4, -0.2) is 19.7 Å². The summed E-state index contributed by atoms with van der Waals surface area (Å²) in [5.74, 6) is 0.980. The maximum absolute atomic E-state index is 6.13. The molecule has 3 heteroatoms. The fourth-order valence-corrected chi connectivity index (χ4v) is 2.32. The van der Waals surface area contributed by atoms with Crippen LogP contribution in [0, 0.1) is 0 Å². The molecule has 1 N–H and O–H groups in total. The highest BCUT2D eigenvalue weighted by atomic mass is 35.5. The van der Waals surface area contributed by atoms with Crippen molar-refractivity contribution < 1.29 is 4.74 Å². The Morgan fingerprint density at radius 3 is 2.50 bits per heavy atom. The van der Waals surface area contributed by atoms with Crippen LogP contribution in [0.15, 0.2) is 42.5 Å². The molecule has 2 aromatic rings. The van der Waals surface area contributed by atoms with Crippen LogP contribution in [0.25, 0.3) is 10.8 Å². The van der Waals surface area contributed by atoms with E-state index in [1.807, 2.05) is 7.05 Å². The van der Waals surface area contributed by atoms with Crippen LogP contribution in [0.3, 0.4) is 0 Å². The Kier molecular flexibility index (Phi) is 7.42. The monoisotopic (exact) mass is 293 g/mol. The molecule has 110 valence electrons. The van der Waals surface area contributed by atoms with E-state index in [9.17, 15) is 0 Å². The molecule has 0 aliphatic heterocycles. The van der Waals surface area contributed by atoms with Crippen molar-refractivity contribution in [3.63, 3.8) is 0 Å². The highest BCUT2D eigenvalue weighted by Crippen LogP contribution is 2.22. The van der Waals surface area contributed by atoms with Crippen molar-refractivity contribution in [1.82, 2.24) is 5.32 Å². The minimum Gasteiger partial charge on any atom is -0.490 e. The van der Waals surface area contributed by atoms with Crippen LogP contribution >= 0.6 is 12.4 Å². The summed E-state index contributed by atoms with van der Waals surface area (Å²) in [5, 5.41) is 5.69. The van der Waals surface area contributed by atoms with E-state index in [1.165, 1.54) is 10.8 Å². The van der Waals surface area contributed by atoms with Gasteiger partial charge in [0.1, 0.15) is 5.75 Å². The zero-order valence-corrected chi connectivity index (χ0v) is 13.1. The summed E-state index contributed by atoms with van der Waals surface area (Å²) < 4.78 is 6.13. The van der Waals surface area contributed by atoms with E-state index >= 15 is 0 Å². The van der Waals surface area contributed by atoms with Gasteiger partial charge >= 0.3 is 0 Å². The van der Waals surface area contributed by atoms with Gasteiger partial charge in [-0.3, -0.25) is 0 Å². The Morgan fingerprint density at radius 2 is 1.80 bits per heavy atom. The Morgan fingerprint density at radius 1 is 1.05 bits per heavy atom. The molecule has 0 aliphatic rings. The van der Waals surface area contributed by atoms with Crippen LogP contribution in [0.2, 0.25) is 0 Å². The standard InChI is InChI=1S/C17H23NO.ClH/c1-3-6-16(11-12-18-2)19-17-10-9-14-7-4-5-8-15(14)13-17;/h4-5,7-10,13,16,18H,3,6,11-12H2,1-2H3;1H. The third-order valence-electron chi connectivity index (χ3n) is 3.35. The molecule has 0 aromatic heterocycles. The van der Waals surface area contributed by atoms with Crippen LogP contribution in [0.4, 0.5) is 0 Å². The summed E-state index contributed by atoms with van der Waals surface area (Å²) in [4.78, 5) is 0. The van der Waals surface area contributed by atoms with Gasteiger partial charge in [-0.1, -0.05) is 43.7 Å². The molecule has 1 unspecified atom stereocenters. The maximum atomic E-state index is 6.13. The summed E-state index contributed by atoms with van der Waals surface area (Å²) >= 11 is 0. The SMILES string of the molecule is CCCC(CCNC)Oc1ccc2ccccc2c1.Cl. The van der Waals surface area contributed by atoms with E-state index in [0.29, 0.717) is 6.10 Å². The van der Waals surface area contributed by atoms with Crippen molar-refractivity contribution >= 4 is 23.2 Å². The van der Waals surface area contributed by atoms with E-state index in [-0.39, 0.29) is 12.4 Å². The number of rotatable bonds is 7. The molecule has 2 rings (SSSR count). The molecule has 0 amide bonds. The fraction of sp³-hybridized carbons (Fsp3) is 0.412. The third-order valence-corrected chi connectivity index (χ3v) is 3.35. The normalized spacial score (nSPS) is 11.9. The van der Waals surface area contributed by atoms with E-state index in [1.54, 1.807) is 0 Å². The van der Waals surface area contributed by atoms with E-state index in [0.717, 1.165) is 31.6 Å². The summed E-state index contributed by atoms with van der Waals surface area (Å²) in [7, 11) is 1.99. The lowest BCUT2D eigenvalue weighted by atomic mass is 10.1. The van der Waals surface area contributed by atoms with Crippen molar-refractivity contribution in [2.24, 2.45) is 0 Å². The first-order valence-electron chi connectivity index (χ1n) is 7.13. The van der Waals surface area contributed by atoms with Crippen LogP contribution in [-0.2, 0) is 0 Å². The predicted octanol–water partition coefficient (Wildman–Crippen LogP) is 4.42. The zero-order valence-electron chi connectivity index (χ0n) is 12.3. The first-order valence-corrected chi connectivity index (χ1v) is 7.13. The minimum absolute atomic E-state index is 0. The number of halogens is 1. The molecule has 0 aliphatic carbocycles. The lowest BCUT2D eigenvalue weighted by Crippen LogP contribution is -2.22. The second-order valence-corrected chi connectivity index (χ2v) is 4.93. The molecule has 0 bridgehead atoms. The smallest absolute Gasteiger partial charge is 0.120 e. The molecule has 1 atom stereocenters. The first kappa shape index (κ1) is 16.8. The second kappa shape index (κ2) is 8.83. The predicted molar refractivity (Wildman–Crippen MR) is 89.1 cm³/mol. The van der Waals surface area contributed by atoms with Crippen LogP contribution in [0.5, 0.6) is 5.75 Å². The number of benzene rings is 2. The number of hydrogen-bond donors (Lipinski definition) is 1. The van der Waals surface area contributed by atoms with Gasteiger partial charge in [0, 0.05) is 0 Å². The van der Waals surface area contributed by atoms with Gasteiger partial charge in [0.2, 0.25) is 0 Å². The first-order chi connectivity index (χ1) is 9.33. The fourth-order valence-electron chi connectivity index (χ4n) is 2.32. The van der Waals surface area contributed by atoms with Crippen molar-refractivity contribution in [2.75, 3.05) is 13.6 Å². The second-order valence-electron chi connectivity index (χ2n) is 4.93. The van der Waals surface area contributed by atoms with Gasteiger partial charge < -0.3 is 10.1 Å². The molecule has 0 saturated heterocycles. The van der Waals surface area contributed by atoms with Gasteiger partial charge in [-0.25, -0.2) is 0 Å². The number of ether oxygens (including phenoxy) is 1. The molecule has 0 fully saturated rings. The highest BCUT2D eigenvalue weighted by molar-refractivity contribution is 5.85. The number of nitrogens with one attached hydrogen (secondary N) is 1. The molecule has 2 aromatic carbocycles. The van der Waals surface area contributed by atoms with Crippen molar-refractivity contribution in [3.8, 4) is 5.75 Å². The summed E-state index contributed by atoms with van der Waals surface area (Å²) in [6, 6.07) is 14.7. The van der Waals surface area contributed by atoms with E-state index in [4.69, 9.17) is 4.74 Å². The quantitative estimate of drug-likeness (QED) is 0.816. The van der Waals surface area contributed by atoms with Gasteiger partial charge in [0.05, 0.1) is 6.10 Å². The number of hydrogen-bond acceptors (Lipinski definition) is 2. The lowest BCUT2D eigenvalue weighted by molar-refractivity contribution is 0.180. The zero-order chi connectivity index (χ0) is 13.5. The largest absolute Gasteiger partial charge is 0.490 e. The molecular formula is C17H24ClNO.